The summed E-state index contributed by atoms with van der Waals surface area (Å²) in [6.45, 7) is 2.16. The average molecular weight is 287 g/mol. The molecule has 0 bridgehead atoms. The maximum absolute atomic E-state index is 11.4. The number of carboxylic acids is 1. The highest BCUT2D eigenvalue weighted by Gasteiger charge is 2.23. The molecule has 0 unspecified atom stereocenters. The summed E-state index contributed by atoms with van der Waals surface area (Å²) < 4.78 is 0. The van der Waals surface area contributed by atoms with Crippen molar-refractivity contribution < 1.29 is 9.90 Å². The summed E-state index contributed by atoms with van der Waals surface area (Å²) in [6.07, 6.45) is 10.2. The molecular weight excluding hydrogens is 262 g/mol. The minimum Gasteiger partial charge on any atom is -0.478 e. The van der Waals surface area contributed by atoms with Gasteiger partial charge in [-0.2, -0.15) is 0 Å². The zero-order valence-corrected chi connectivity index (χ0v) is 12.7. The fourth-order valence-corrected chi connectivity index (χ4v) is 3.95. The van der Waals surface area contributed by atoms with Gasteiger partial charge < -0.3 is 10.0 Å². The van der Waals surface area contributed by atoms with Crippen LogP contribution >= 0.6 is 0 Å². The van der Waals surface area contributed by atoms with Crippen molar-refractivity contribution in [2.24, 2.45) is 5.92 Å². The Bertz CT molecular complexity index is 506. The van der Waals surface area contributed by atoms with Gasteiger partial charge in [-0.1, -0.05) is 38.2 Å². The highest BCUT2D eigenvalue weighted by Crippen LogP contribution is 2.32. The van der Waals surface area contributed by atoms with Crippen molar-refractivity contribution in [1.29, 1.82) is 0 Å². The van der Waals surface area contributed by atoms with Gasteiger partial charge in [0.25, 0.3) is 0 Å². The van der Waals surface area contributed by atoms with Crippen molar-refractivity contribution in [3.05, 3.63) is 29.3 Å². The molecule has 1 aliphatic heterocycles. The Hall–Kier alpha value is -1.51. The van der Waals surface area contributed by atoms with Crippen LogP contribution in [0.25, 0.3) is 0 Å². The van der Waals surface area contributed by atoms with Gasteiger partial charge in [0.1, 0.15) is 0 Å². The third-order valence-electron chi connectivity index (χ3n) is 5.11. The van der Waals surface area contributed by atoms with Crippen LogP contribution in [0.3, 0.4) is 0 Å². The molecule has 0 aromatic heterocycles. The second kappa shape index (κ2) is 6.50. The summed E-state index contributed by atoms with van der Waals surface area (Å²) in [6, 6.07) is 5.73. The number of fused-ring (bicyclic) bond motifs is 1. The predicted octanol–water partition coefficient (Wildman–Crippen LogP) is 4.11. The highest BCUT2D eigenvalue weighted by atomic mass is 16.4. The number of hydrogen-bond donors (Lipinski definition) is 1. The lowest BCUT2D eigenvalue weighted by Crippen LogP contribution is -2.32. The maximum atomic E-state index is 11.4. The van der Waals surface area contributed by atoms with Crippen LogP contribution < -0.4 is 4.90 Å². The van der Waals surface area contributed by atoms with Gasteiger partial charge in [0.15, 0.2) is 0 Å². The van der Waals surface area contributed by atoms with Gasteiger partial charge in [0.05, 0.1) is 5.56 Å². The minimum atomic E-state index is -0.791. The van der Waals surface area contributed by atoms with Gasteiger partial charge in [-0.05, 0) is 42.9 Å². The molecule has 0 saturated heterocycles. The van der Waals surface area contributed by atoms with Crippen LogP contribution in [0.4, 0.5) is 5.69 Å². The van der Waals surface area contributed by atoms with E-state index in [1.807, 2.05) is 6.07 Å². The van der Waals surface area contributed by atoms with Gasteiger partial charge in [-0.25, -0.2) is 4.79 Å². The van der Waals surface area contributed by atoms with E-state index in [0.29, 0.717) is 5.56 Å². The summed E-state index contributed by atoms with van der Waals surface area (Å²) in [7, 11) is 0. The molecule has 0 radical (unpaired) electrons. The number of anilines is 1. The third-order valence-corrected chi connectivity index (χ3v) is 5.11. The van der Waals surface area contributed by atoms with E-state index in [4.69, 9.17) is 0 Å². The van der Waals surface area contributed by atoms with Gasteiger partial charge in [-0.3, -0.25) is 0 Å². The van der Waals surface area contributed by atoms with Crippen molar-refractivity contribution in [1.82, 2.24) is 0 Å². The first kappa shape index (κ1) is 14.4. The number of benzene rings is 1. The fourth-order valence-electron chi connectivity index (χ4n) is 3.95. The van der Waals surface area contributed by atoms with Crippen molar-refractivity contribution in [3.8, 4) is 0 Å². The van der Waals surface area contributed by atoms with Crippen molar-refractivity contribution in [2.75, 3.05) is 18.0 Å². The van der Waals surface area contributed by atoms with Crippen molar-refractivity contribution in [3.63, 3.8) is 0 Å². The zero-order chi connectivity index (χ0) is 14.7. The fraction of sp³-hybridized carbons (Fsp3) is 0.611. The van der Waals surface area contributed by atoms with E-state index < -0.39 is 5.97 Å². The highest BCUT2D eigenvalue weighted by molar-refractivity contribution is 5.91. The molecule has 1 fully saturated rings. The van der Waals surface area contributed by atoms with Crippen LogP contribution in [0.15, 0.2) is 18.2 Å². The second-order valence-electron chi connectivity index (χ2n) is 6.49. The van der Waals surface area contributed by atoms with Crippen LogP contribution in [0, 0.1) is 5.92 Å². The lowest BCUT2D eigenvalue weighted by atomic mass is 9.86. The first-order valence-electron chi connectivity index (χ1n) is 8.36. The SMILES string of the molecule is O=C(O)c1cccc2c1CCCN2CCC1CCCCC1. The van der Waals surface area contributed by atoms with E-state index in [0.717, 1.165) is 43.1 Å². The molecule has 1 N–H and O–H groups in total. The molecule has 1 heterocycles. The number of rotatable bonds is 4. The Morgan fingerprint density at radius 3 is 2.76 bits per heavy atom. The lowest BCUT2D eigenvalue weighted by molar-refractivity contribution is 0.0695. The summed E-state index contributed by atoms with van der Waals surface area (Å²) >= 11 is 0. The van der Waals surface area contributed by atoms with E-state index >= 15 is 0 Å². The smallest absolute Gasteiger partial charge is 0.336 e. The Labute approximate surface area is 127 Å². The summed E-state index contributed by atoms with van der Waals surface area (Å²) in [5.41, 5.74) is 2.70. The maximum Gasteiger partial charge on any atom is 0.336 e. The molecule has 21 heavy (non-hydrogen) atoms. The van der Waals surface area contributed by atoms with Gasteiger partial charge in [0, 0.05) is 18.8 Å². The number of carboxylic acid groups (broad SMARTS) is 1. The molecule has 1 aromatic rings. The zero-order valence-electron chi connectivity index (χ0n) is 12.7. The molecule has 114 valence electrons. The summed E-state index contributed by atoms with van der Waals surface area (Å²) in [4.78, 5) is 13.8. The Morgan fingerprint density at radius 2 is 2.00 bits per heavy atom. The predicted molar refractivity (Wildman–Crippen MR) is 85.1 cm³/mol. The molecular formula is C18H25NO2. The second-order valence-corrected chi connectivity index (χ2v) is 6.49. The quantitative estimate of drug-likeness (QED) is 0.906. The van der Waals surface area contributed by atoms with Crippen LogP contribution in [0.5, 0.6) is 0 Å². The Morgan fingerprint density at radius 1 is 1.19 bits per heavy atom. The van der Waals surface area contributed by atoms with Gasteiger partial charge in [0.2, 0.25) is 0 Å². The van der Waals surface area contributed by atoms with E-state index in [1.165, 1.54) is 38.5 Å². The minimum absolute atomic E-state index is 0.495. The molecule has 0 spiro atoms. The molecule has 1 aliphatic carbocycles. The summed E-state index contributed by atoms with van der Waals surface area (Å²) in [5.74, 6) is 0.0905. The third kappa shape index (κ3) is 3.22. The van der Waals surface area contributed by atoms with E-state index in [1.54, 1.807) is 6.07 Å². The number of hydrogen-bond acceptors (Lipinski definition) is 2. The first-order chi connectivity index (χ1) is 10.3. The first-order valence-corrected chi connectivity index (χ1v) is 8.36. The Balaban J connectivity index is 1.71. The molecule has 3 nitrogen and oxygen atoms in total. The molecule has 3 heteroatoms. The van der Waals surface area contributed by atoms with E-state index in [2.05, 4.69) is 11.0 Å². The number of carbonyl (C=O) groups is 1. The van der Waals surface area contributed by atoms with Gasteiger partial charge >= 0.3 is 5.97 Å². The van der Waals surface area contributed by atoms with E-state index in [9.17, 15) is 9.90 Å². The summed E-state index contributed by atoms with van der Waals surface area (Å²) in [5, 5.41) is 9.34. The van der Waals surface area contributed by atoms with Crippen LogP contribution in [-0.4, -0.2) is 24.2 Å². The molecule has 0 atom stereocenters. The molecule has 1 aromatic carbocycles. The number of nitrogens with zero attached hydrogens (tertiary/aromatic N) is 1. The molecule has 2 aliphatic rings. The normalized spacial score (nSPS) is 19.3. The Kier molecular flexibility index (Phi) is 4.47. The van der Waals surface area contributed by atoms with E-state index in [-0.39, 0.29) is 0 Å². The number of aromatic carboxylic acids is 1. The van der Waals surface area contributed by atoms with Crippen molar-refractivity contribution in [2.45, 2.75) is 51.4 Å². The molecule has 3 rings (SSSR count). The molecule has 1 saturated carbocycles. The monoisotopic (exact) mass is 287 g/mol. The van der Waals surface area contributed by atoms with Crippen LogP contribution in [-0.2, 0) is 6.42 Å². The standard InChI is InChI=1S/C18H25NO2/c20-18(21)16-8-4-10-17-15(16)9-5-12-19(17)13-11-14-6-2-1-3-7-14/h4,8,10,14H,1-3,5-7,9,11-13H2,(H,20,21). The van der Waals surface area contributed by atoms with Crippen LogP contribution in [0.2, 0.25) is 0 Å². The van der Waals surface area contributed by atoms with Crippen molar-refractivity contribution >= 4 is 11.7 Å². The topological polar surface area (TPSA) is 40.5 Å². The van der Waals surface area contributed by atoms with Crippen LogP contribution in [0.1, 0.15) is 60.9 Å². The average Bonchev–Trinajstić information content (AvgIpc) is 2.53. The lowest BCUT2D eigenvalue weighted by Gasteiger charge is -2.33. The van der Waals surface area contributed by atoms with Gasteiger partial charge in [-0.15, -0.1) is 0 Å². The largest absolute Gasteiger partial charge is 0.478 e. The molecule has 0 amide bonds.